The van der Waals surface area contributed by atoms with Crippen LogP contribution in [0.25, 0.3) is 0 Å². The minimum absolute atomic E-state index is 0.188. The third kappa shape index (κ3) is 1.68. The summed E-state index contributed by atoms with van der Waals surface area (Å²) in [6, 6.07) is 0. The SMILES string of the molecule is O=C(O)C1OC(CO)CC1O. The molecule has 1 aliphatic heterocycles. The van der Waals surface area contributed by atoms with Gasteiger partial charge in [0.25, 0.3) is 0 Å². The lowest BCUT2D eigenvalue weighted by molar-refractivity contribution is -0.153. The molecule has 1 saturated heterocycles. The molecule has 0 aromatic heterocycles. The fourth-order valence-electron chi connectivity index (χ4n) is 1.09. The zero-order chi connectivity index (χ0) is 8.43. The lowest BCUT2D eigenvalue weighted by Crippen LogP contribution is -2.30. The number of ether oxygens (including phenoxy) is 1. The Morgan fingerprint density at radius 1 is 1.64 bits per heavy atom. The summed E-state index contributed by atoms with van der Waals surface area (Å²) in [6.07, 6.45) is -2.52. The van der Waals surface area contributed by atoms with Crippen LogP contribution in [0.3, 0.4) is 0 Å². The molecular weight excluding hydrogens is 152 g/mol. The Morgan fingerprint density at radius 2 is 2.27 bits per heavy atom. The van der Waals surface area contributed by atoms with Gasteiger partial charge in [0.2, 0.25) is 0 Å². The minimum atomic E-state index is -1.19. The Bertz CT molecular complexity index is 157. The second-order valence-electron chi connectivity index (χ2n) is 2.50. The fraction of sp³-hybridized carbons (Fsp3) is 0.833. The Balaban J connectivity index is 2.51. The van der Waals surface area contributed by atoms with Gasteiger partial charge in [0, 0.05) is 6.42 Å². The van der Waals surface area contributed by atoms with Gasteiger partial charge in [-0.1, -0.05) is 0 Å². The first-order chi connectivity index (χ1) is 5.15. The van der Waals surface area contributed by atoms with Crippen molar-refractivity contribution in [1.29, 1.82) is 0 Å². The summed E-state index contributed by atoms with van der Waals surface area (Å²) >= 11 is 0. The zero-order valence-corrected chi connectivity index (χ0v) is 5.80. The molecule has 0 spiro atoms. The first-order valence-electron chi connectivity index (χ1n) is 3.32. The summed E-state index contributed by atoms with van der Waals surface area (Å²) < 4.78 is 4.78. The third-order valence-electron chi connectivity index (χ3n) is 1.64. The molecular formula is C6H10O5. The second-order valence-corrected chi connectivity index (χ2v) is 2.50. The van der Waals surface area contributed by atoms with Crippen LogP contribution >= 0.6 is 0 Å². The Labute approximate surface area is 63.2 Å². The summed E-state index contributed by atoms with van der Waals surface area (Å²) in [7, 11) is 0. The number of aliphatic carboxylic acids is 1. The Morgan fingerprint density at radius 3 is 2.55 bits per heavy atom. The van der Waals surface area contributed by atoms with Crippen molar-refractivity contribution in [3.05, 3.63) is 0 Å². The number of aliphatic hydroxyl groups is 2. The largest absolute Gasteiger partial charge is 0.479 e. The van der Waals surface area contributed by atoms with Crippen molar-refractivity contribution < 1.29 is 24.9 Å². The molecule has 0 radical (unpaired) electrons. The van der Waals surface area contributed by atoms with Crippen molar-refractivity contribution in [3.63, 3.8) is 0 Å². The van der Waals surface area contributed by atoms with Gasteiger partial charge in [-0.05, 0) is 0 Å². The Kier molecular flexibility index (Phi) is 2.43. The van der Waals surface area contributed by atoms with Crippen molar-refractivity contribution >= 4 is 5.97 Å². The van der Waals surface area contributed by atoms with E-state index in [0.29, 0.717) is 0 Å². The van der Waals surface area contributed by atoms with Crippen molar-refractivity contribution in [2.75, 3.05) is 6.61 Å². The van der Waals surface area contributed by atoms with E-state index in [2.05, 4.69) is 0 Å². The van der Waals surface area contributed by atoms with E-state index in [-0.39, 0.29) is 13.0 Å². The van der Waals surface area contributed by atoms with Gasteiger partial charge >= 0.3 is 5.97 Å². The highest BCUT2D eigenvalue weighted by atomic mass is 16.6. The topological polar surface area (TPSA) is 87.0 Å². The number of hydrogen-bond acceptors (Lipinski definition) is 4. The van der Waals surface area contributed by atoms with Crippen LogP contribution in [0.1, 0.15) is 6.42 Å². The highest BCUT2D eigenvalue weighted by Gasteiger charge is 2.38. The molecule has 1 fully saturated rings. The zero-order valence-electron chi connectivity index (χ0n) is 5.80. The number of carbonyl (C=O) groups is 1. The smallest absolute Gasteiger partial charge is 0.335 e. The van der Waals surface area contributed by atoms with Gasteiger partial charge < -0.3 is 20.1 Å². The Hall–Kier alpha value is -0.650. The first kappa shape index (κ1) is 8.45. The van der Waals surface area contributed by atoms with Gasteiger partial charge in [-0.3, -0.25) is 0 Å². The molecule has 0 saturated carbocycles. The molecule has 0 aromatic rings. The molecule has 0 amide bonds. The van der Waals surface area contributed by atoms with E-state index in [1.807, 2.05) is 0 Å². The van der Waals surface area contributed by atoms with E-state index in [4.69, 9.17) is 20.1 Å². The molecule has 0 bridgehead atoms. The van der Waals surface area contributed by atoms with Gasteiger partial charge in [0.1, 0.15) is 0 Å². The normalized spacial score (nSPS) is 37.5. The van der Waals surface area contributed by atoms with Crippen LogP contribution in [0.2, 0.25) is 0 Å². The second kappa shape index (κ2) is 3.17. The minimum Gasteiger partial charge on any atom is -0.479 e. The van der Waals surface area contributed by atoms with E-state index < -0.39 is 24.3 Å². The van der Waals surface area contributed by atoms with Gasteiger partial charge in [-0.15, -0.1) is 0 Å². The van der Waals surface area contributed by atoms with Crippen LogP contribution in [0.4, 0.5) is 0 Å². The molecule has 1 rings (SSSR count). The highest BCUT2D eigenvalue weighted by Crippen LogP contribution is 2.19. The monoisotopic (exact) mass is 162 g/mol. The number of aliphatic hydroxyl groups excluding tert-OH is 2. The standard InChI is InChI=1S/C6H10O5/c7-2-3-1-4(8)5(11-3)6(9)10/h3-5,7-8H,1-2H2,(H,9,10). The van der Waals surface area contributed by atoms with Gasteiger partial charge in [0.05, 0.1) is 18.8 Å². The quantitative estimate of drug-likeness (QED) is 0.464. The maximum absolute atomic E-state index is 10.3. The van der Waals surface area contributed by atoms with Crippen molar-refractivity contribution in [2.45, 2.75) is 24.7 Å². The predicted molar refractivity (Wildman–Crippen MR) is 34.0 cm³/mol. The maximum Gasteiger partial charge on any atom is 0.335 e. The first-order valence-corrected chi connectivity index (χ1v) is 3.32. The van der Waals surface area contributed by atoms with Gasteiger partial charge in [0.15, 0.2) is 6.10 Å². The molecule has 0 aromatic carbocycles. The van der Waals surface area contributed by atoms with E-state index >= 15 is 0 Å². The molecule has 5 heteroatoms. The lowest BCUT2D eigenvalue weighted by atomic mass is 10.1. The molecule has 3 N–H and O–H groups in total. The summed E-state index contributed by atoms with van der Waals surface area (Å²) in [5.74, 6) is -1.19. The van der Waals surface area contributed by atoms with Crippen molar-refractivity contribution in [2.24, 2.45) is 0 Å². The summed E-state index contributed by atoms with van der Waals surface area (Å²) in [4.78, 5) is 10.3. The van der Waals surface area contributed by atoms with Crippen LogP contribution in [-0.4, -0.2) is 46.2 Å². The predicted octanol–water partition coefficient (Wildman–Crippen LogP) is -1.42. The molecule has 3 unspecified atom stereocenters. The summed E-state index contributed by atoms with van der Waals surface area (Å²) in [5.41, 5.74) is 0. The van der Waals surface area contributed by atoms with Gasteiger partial charge in [-0.25, -0.2) is 4.79 Å². The van der Waals surface area contributed by atoms with Crippen molar-refractivity contribution in [1.82, 2.24) is 0 Å². The van der Waals surface area contributed by atoms with Crippen LogP contribution in [0.15, 0.2) is 0 Å². The summed E-state index contributed by atoms with van der Waals surface area (Å²) in [5, 5.41) is 26.0. The van der Waals surface area contributed by atoms with E-state index in [1.165, 1.54) is 0 Å². The average Bonchev–Trinajstić information content (AvgIpc) is 2.30. The number of rotatable bonds is 2. The number of carboxylic acid groups (broad SMARTS) is 1. The molecule has 11 heavy (non-hydrogen) atoms. The van der Waals surface area contributed by atoms with E-state index in [9.17, 15) is 4.79 Å². The number of hydrogen-bond donors (Lipinski definition) is 3. The van der Waals surface area contributed by atoms with Gasteiger partial charge in [-0.2, -0.15) is 0 Å². The molecule has 1 heterocycles. The maximum atomic E-state index is 10.3. The highest BCUT2D eigenvalue weighted by molar-refractivity contribution is 5.73. The number of carboxylic acids is 1. The molecule has 3 atom stereocenters. The molecule has 5 nitrogen and oxygen atoms in total. The fourth-order valence-corrected chi connectivity index (χ4v) is 1.09. The molecule has 64 valence electrons. The summed E-state index contributed by atoms with van der Waals surface area (Å²) in [6.45, 7) is -0.249. The van der Waals surface area contributed by atoms with E-state index in [1.54, 1.807) is 0 Å². The van der Waals surface area contributed by atoms with Crippen molar-refractivity contribution in [3.8, 4) is 0 Å². The van der Waals surface area contributed by atoms with E-state index in [0.717, 1.165) is 0 Å². The van der Waals surface area contributed by atoms with Crippen LogP contribution in [-0.2, 0) is 9.53 Å². The van der Waals surface area contributed by atoms with Crippen LogP contribution in [0.5, 0.6) is 0 Å². The molecule has 0 aliphatic carbocycles. The van der Waals surface area contributed by atoms with Crippen LogP contribution in [0, 0.1) is 0 Å². The van der Waals surface area contributed by atoms with Crippen LogP contribution < -0.4 is 0 Å². The molecule has 1 aliphatic rings. The lowest BCUT2D eigenvalue weighted by Gasteiger charge is -2.07. The average molecular weight is 162 g/mol. The third-order valence-corrected chi connectivity index (χ3v) is 1.64.